The van der Waals surface area contributed by atoms with E-state index in [0.717, 1.165) is 22.4 Å². The molecule has 0 saturated carbocycles. The number of hydrogen-bond donors (Lipinski definition) is 2. The zero-order valence-corrected chi connectivity index (χ0v) is 16.3. The van der Waals surface area contributed by atoms with E-state index in [0.29, 0.717) is 15.9 Å². The van der Waals surface area contributed by atoms with Crippen LogP contribution in [0.3, 0.4) is 0 Å². The molecule has 0 atom stereocenters. The SMILES string of the molecule is CC(C)c1[nH]nc(C(=O)Nc2ccc(SC(=O)N(C)C)cc2)c1Br. The van der Waals surface area contributed by atoms with E-state index in [9.17, 15) is 9.59 Å². The number of carbonyl (C=O) groups excluding carboxylic acids is 2. The van der Waals surface area contributed by atoms with Crippen LogP contribution >= 0.6 is 27.7 Å². The maximum absolute atomic E-state index is 12.3. The van der Waals surface area contributed by atoms with Crippen molar-refractivity contribution < 1.29 is 9.59 Å². The number of aromatic amines is 1. The van der Waals surface area contributed by atoms with Gasteiger partial charge in [-0.25, -0.2) is 0 Å². The van der Waals surface area contributed by atoms with Crippen LogP contribution in [0.1, 0.15) is 35.9 Å². The molecule has 2 N–H and O–H groups in total. The van der Waals surface area contributed by atoms with Gasteiger partial charge in [0.1, 0.15) is 0 Å². The molecular formula is C16H19BrN4O2S. The van der Waals surface area contributed by atoms with Crippen LogP contribution in [0.25, 0.3) is 0 Å². The van der Waals surface area contributed by atoms with Crippen molar-refractivity contribution in [1.82, 2.24) is 15.1 Å². The second-order valence-corrected chi connectivity index (χ2v) is 7.51. The van der Waals surface area contributed by atoms with Crippen LogP contribution in [0.5, 0.6) is 0 Å². The van der Waals surface area contributed by atoms with Gasteiger partial charge in [-0.05, 0) is 57.9 Å². The van der Waals surface area contributed by atoms with Gasteiger partial charge in [0.25, 0.3) is 11.1 Å². The van der Waals surface area contributed by atoms with E-state index in [1.165, 1.54) is 4.90 Å². The van der Waals surface area contributed by atoms with Crippen LogP contribution in [0.15, 0.2) is 33.6 Å². The van der Waals surface area contributed by atoms with Gasteiger partial charge >= 0.3 is 0 Å². The molecule has 2 aromatic rings. The Hall–Kier alpha value is -1.80. The highest BCUT2D eigenvalue weighted by molar-refractivity contribution is 9.10. The maximum Gasteiger partial charge on any atom is 0.285 e. The third-order valence-electron chi connectivity index (χ3n) is 3.21. The minimum atomic E-state index is -0.296. The van der Waals surface area contributed by atoms with Gasteiger partial charge in [-0.15, -0.1) is 0 Å². The number of anilines is 1. The number of benzene rings is 1. The first-order chi connectivity index (χ1) is 11.3. The van der Waals surface area contributed by atoms with Crippen molar-refractivity contribution in [3.05, 3.63) is 40.1 Å². The summed E-state index contributed by atoms with van der Waals surface area (Å²) in [5.74, 6) is -0.0613. The number of nitrogens with one attached hydrogen (secondary N) is 2. The minimum absolute atomic E-state index is 0.0477. The fourth-order valence-corrected chi connectivity index (χ4v) is 3.34. The molecule has 0 aliphatic rings. The van der Waals surface area contributed by atoms with Crippen molar-refractivity contribution in [3.8, 4) is 0 Å². The number of hydrogen-bond acceptors (Lipinski definition) is 4. The topological polar surface area (TPSA) is 78.1 Å². The second-order valence-electron chi connectivity index (χ2n) is 5.70. The summed E-state index contributed by atoms with van der Waals surface area (Å²) in [5.41, 5.74) is 1.84. The molecule has 0 aliphatic heterocycles. The van der Waals surface area contributed by atoms with E-state index in [4.69, 9.17) is 0 Å². The molecule has 1 aromatic carbocycles. The normalized spacial score (nSPS) is 10.8. The van der Waals surface area contributed by atoms with Crippen LogP contribution in [0, 0.1) is 0 Å². The number of thioether (sulfide) groups is 1. The van der Waals surface area contributed by atoms with Gasteiger partial charge in [-0.3, -0.25) is 14.7 Å². The highest BCUT2D eigenvalue weighted by Gasteiger charge is 2.19. The fraction of sp³-hybridized carbons (Fsp3) is 0.312. The number of H-pyrrole nitrogens is 1. The quantitative estimate of drug-likeness (QED) is 0.735. The summed E-state index contributed by atoms with van der Waals surface area (Å²) >= 11 is 4.55. The smallest absolute Gasteiger partial charge is 0.285 e. The molecule has 6 nitrogen and oxygen atoms in total. The highest BCUT2D eigenvalue weighted by atomic mass is 79.9. The molecule has 2 amide bonds. The lowest BCUT2D eigenvalue weighted by Crippen LogP contribution is -2.16. The summed E-state index contributed by atoms with van der Waals surface area (Å²) in [4.78, 5) is 26.3. The molecule has 0 saturated heterocycles. The number of aromatic nitrogens is 2. The number of halogens is 1. The summed E-state index contributed by atoms with van der Waals surface area (Å²) in [6.07, 6.45) is 0. The third kappa shape index (κ3) is 4.39. The first-order valence-electron chi connectivity index (χ1n) is 7.34. The summed E-state index contributed by atoms with van der Waals surface area (Å²) < 4.78 is 0.679. The lowest BCUT2D eigenvalue weighted by molar-refractivity contribution is 0.102. The number of carbonyl (C=O) groups is 2. The lowest BCUT2D eigenvalue weighted by atomic mass is 10.1. The van der Waals surface area contributed by atoms with Gasteiger partial charge in [0, 0.05) is 24.7 Å². The first-order valence-corrected chi connectivity index (χ1v) is 8.94. The largest absolute Gasteiger partial charge is 0.339 e. The van der Waals surface area contributed by atoms with Crippen molar-refractivity contribution in [2.75, 3.05) is 19.4 Å². The van der Waals surface area contributed by atoms with Crippen LogP contribution in [-0.2, 0) is 0 Å². The standard InChI is InChI=1S/C16H19BrN4O2S/c1-9(2)13-12(17)14(20-19-13)15(22)18-10-5-7-11(8-6-10)24-16(23)21(3)4/h5-9H,1-4H3,(H,18,22)(H,19,20). The van der Waals surface area contributed by atoms with Gasteiger partial charge in [0.2, 0.25) is 0 Å². The van der Waals surface area contributed by atoms with Crippen molar-refractivity contribution in [3.63, 3.8) is 0 Å². The van der Waals surface area contributed by atoms with Crippen molar-refractivity contribution in [2.45, 2.75) is 24.7 Å². The molecule has 0 unspecified atom stereocenters. The van der Waals surface area contributed by atoms with Crippen LogP contribution in [0.4, 0.5) is 10.5 Å². The van der Waals surface area contributed by atoms with Crippen LogP contribution in [0.2, 0.25) is 0 Å². The van der Waals surface area contributed by atoms with Gasteiger partial charge in [-0.2, -0.15) is 5.10 Å². The summed E-state index contributed by atoms with van der Waals surface area (Å²) in [7, 11) is 3.41. The summed E-state index contributed by atoms with van der Waals surface area (Å²) in [6, 6.07) is 7.10. The Bertz CT molecular complexity index is 741. The van der Waals surface area contributed by atoms with E-state index in [1.807, 2.05) is 13.8 Å². The predicted molar refractivity (Wildman–Crippen MR) is 99.7 cm³/mol. The lowest BCUT2D eigenvalue weighted by Gasteiger charge is -2.09. The highest BCUT2D eigenvalue weighted by Crippen LogP contribution is 2.27. The zero-order valence-electron chi connectivity index (χ0n) is 13.9. The van der Waals surface area contributed by atoms with E-state index in [-0.39, 0.29) is 17.1 Å². The minimum Gasteiger partial charge on any atom is -0.339 e. The molecule has 1 heterocycles. The average molecular weight is 411 g/mol. The van der Waals surface area contributed by atoms with Crippen molar-refractivity contribution in [1.29, 1.82) is 0 Å². The zero-order chi connectivity index (χ0) is 17.9. The van der Waals surface area contributed by atoms with Crippen LogP contribution < -0.4 is 5.32 Å². The van der Waals surface area contributed by atoms with Gasteiger partial charge in [-0.1, -0.05) is 13.8 Å². The predicted octanol–water partition coefficient (Wildman–Crippen LogP) is 4.32. The molecular weight excluding hydrogens is 392 g/mol. The third-order valence-corrected chi connectivity index (χ3v) is 5.06. The van der Waals surface area contributed by atoms with Crippen LogP contribution in [-0.4, -0.2) is 40.3 Å². The Kier molecular flexibility index (Phi) is 6.06. The summed E-state index contributed by atoms with van der Waals surface area (Å²) in [5, 5.41) is 9.70. The number of rotatable bonds is 4. The maximum atomic E-state index is 12.3. The van der Waals surface area contributed by atoms with Gasteiger partial charge in [0.05, 0.1) is 10.2 Å². The molecule has 0 fully saturated rings. The first kappa shape index (κ1) is 18.5. The molecule has 2 rings (SSSR count). The molecule has 8 heteroatoms. The Morgan fingerprint density at radius 3 is 2.38 bits per heavy atom. The van der Waals surface area contributed by atoms with Gasteiger partial charge in [0.15, 0.2) is 5.69 Å². The number of amides is 2. The van der Waals surface area contributed by atoms with Gasteiger partial charge < -0.3 is 10.2 Å². The molecule has 0 aliphatic carbocycles. The summed E-state index contributed by atoms with van der Waals surface area (Å²) in [6.45, 7) is 4.04. The van der Waals surface area contributed by atoms with Crippen molar-refractivity contribution >= 4 is 44.5 Å². The second kappa shape index (κ2) is 7.85. The Balaban J connectivity index is 2.06. The van der Waals surface area contributed by atoms with E-state index in [2.05, 4.69) is 31.4 Å². The Morgan fingerprint density at radius 1 is 1.25 bits per heavy atom. The van der Waals surface area contributed by atoms with Crippen molar-refractivity contribution in [2.24, 2.45) is 0 Å². The molecule has 128 valence electrons. The monoisotopic (exact) mass is 410 g/mol. The molecule has 24 heavy (non-hydrogen) atoms. The fourth-order valence-electron chi connectivity index (χ4n) is 1.86. The molecule has 0 radical (unpaired) electrons. The van der Waals surface area contributed by atoms with E-state index >= 15 is 0 Å². The number of nitrogens with zero attached hydrogens (tertiary/aromatic N) is 2. The molecule has 1 aromatic heterocycles. The Labute approximate surface area is 153 Å². The molecule has 0 spiro atoms. The van der Waals surface area contributed by atoms with E-state index in [1.54, 1.807) is 38.4 Å². The molecule has 0 bridgehead atoms. The average Bonchev–Trinajstić information content (AvgIpc) is 2.91. The Morgan fingerprint density at radius 2 is 1.88 bits per heavy atom. The van der Waals surface area contributed by atoms with E-state index < -0.39 is 0 Å².